The van der Waals surface area contributed by atoms with Crippen LogP contribution in [0.3, 0.4) is 0 Å². The molecule has 0 aromatic carbocycles. The molecule has 2 N–H and O–H groups in total. The Labute approximate surface area is 50.0 Å². The predicted octanol–water partition coefficient (Wildman–Crippen LogP) is -0.424. The molecule has 0 fully saturated rings. The molecule has 0 atom stereocenters. The Hall–Kier alpha value is 0.693. The first kappa shape index (κ1) is 9.85. The third kappa shape index (κ3) is 133. The van der Waals surface area contributed by atoms with Crippen molar-refractivity contribution < 1.29 is 32.8 Å². The molecule has 36 valence electrons. The first-order chi connectivity index (χ1) is 2.00. The van der Waals surface area contributed by atoms with Crippen molar-refractivity contribution in [3.63, 3.8) is 0 Å². The molecule has 0 aromatic heterocycles. The van der Waals surface area contributed by atoms with Gasteiger partial charge in [0, 0.05) is 25.7 Å². The molecule has 0 rings (SSSR count). The number of hydrogen-bond donors (Lipinski definition) is 3. The maximum Gasteiger partial charge on any atom is 0.0705 e. The van der Waals surface area contributed by atoms with E-state index in [9.17, 15) is 4.21 Å². The fraction of sp³-hybridized carbons (Fsp3) is 1.00. The Bertz CT molecular complexity index is 56.9. The van der Waals surface area contributed by atoms with E-state index in [2.05, 4.69) is 0 Å². The Morgan fingerprint density at radius 3 is 1.50 bits per heavy atom. The molecule has 0 bridgehead atoms. The molecular weight excluding hydrogens is 157 g/mol. The average molecular weight is 164 g/mol. The van der Waals surface area contributed by atoms with Crippen LogP contribution < -0.4 is 0 Å². The predicted molar refractivity (Wildman–Crippen MR) is 20.7 cm³/mol. The van der Waals surface area contributed by atoms with Crippen LogP contribution in [0.25, 0.3) is 0 Å². The van der Waals surface area contributed by atoms with E-state index in [4.69, 9.17) is 9.11 Å². The minimum Gasteiger partial charge on any atom is -0.310 e. The molecule has 0 amide bonds. The van der Waals surface area contributed by atoms with Crippen LogP contribution in [0.5, 0.6) is 0 Å². The zero-order valence-electron chi connectivity index (χ0n) is 3.46. The van der Waals surface area contributed by atoms with E-state index >= 15 is 0 Å². The average Bonchev–Trinajstić information content (AvgIpc) is 0.722. The molecule has 3 nitrogen and oxygen atoms in total. The van der Waals surface area contributed by atoms with Crippen molar-refractivity contribution in [2.45, 2.75) is 0 Å². The van der Waals surface area contributed by atoms with Gasteiger partial charge in [-0.05, 0) is 0 Å². The maximum atomic E-state index is 9.33. The van der Waals surface area contributed by atoms with E-state index < -0.39 is 10.5 Å². The van der Waals surface area contributed by atoms with Gasteiger partial charge < -0.3 is 9.11 Å². The van der Waals surface area contributed by atoms with Gasteiger partial charge in [0.05, 0.1) is 10.5 Å². The quantitative estimate of drug-likeness (QED) is 0.336. The largest absolute Gasteiger partial charge is 0.310 e. The summed E-state index contributed by atoms with van der Waals surface area (Å²) in [5.41, 5.74) is 0. The normalized spacial score (nSPS) is 12.5. The summed E-state index contributed by atoms with van der Waals surface area (Å²) >= 11 is 0. The van der Waals surface area contributed by atoms with Gasteiger partial charge in [0.15, 0.2) is 0 Å². The second kappa shape index (κ2) is 2.80. The summed E-state index contributed by atoms with van der Waals surface area (Å²) in [4.78, 5) is 0. The van der Waals surface area contributed by atoms with Gasteiger partial charge in [-0.25, -0.2) is 4.21 Å². The molecule has 0 aromatic rings. The minimum absolute atomic E-state index is 0. The molecular formula is CH6O3SZn. The third-order valence-corrected chi connectivity index (χ3v) is 0. The van der Waals surface area contributed by atoms with E-state index in [-0.39, 0.29) is 19.5 Å². The van der Waals surface area contributed by atoms with Crippen LogP contribution in [0.1, 0.15) is 0 Å². The van der Waals surface area contributed by atoms with Crippen molar-refractivity contribution >= 4 is 10.5 Å². The zero-order chi connectivity index (χ0) is 4.50. The summed E-state index contributed by atoms with van der Waals surface area (Å²) in [5.74, 6) is 0. The smallest absolute Gasteiger partial charge is 0.0705 e. The summed E-state index contributed by atoms with van der Waals surface area (Å²) in [6, 6.07) is 0. The summed E-state index contributed by atoms with van der Waals surface area (Å²) in [5, 5.41) is 0. The molecule has 0 radical (unpaired) electrons. The zero-order valence-corrected chi connectivity index (χ0v) is 7.32. The van der Waals surface area contributed by atoms with E-state index in [1.54, 1.807) is 0 Å². The van der Waals surface area contributed by atoms with E-state index in [1.165, 1.54) is 0 Å². The van der Waals surface area contributed by atoms with Crippen molar-refractivity contribution in [2.24, 2.45) is 0 Å². The van der Waals surface area contributed by atoms with E-state index in [1.807, 2.05) is 0 Å². The molecule has 5 heteroatoms. The summed E-state index contributed by atoms with van der Waals surface area (Å²) in [6.45, 7) is 0. The van der Waals surface area contributed by atoms with E-state index in [0.29, 0.717) is 0 Å². The van der Waals surface area contributed by atoms with E-state index in [0.717, 1.165) is 6.26 Å². The Balaban J connectivity index is 0. The van der Waals surface area contributed by atoms with Gasteiger partial charge >= 0.3 is 0 Å². The molecule has 0 aliphatic heterocycles. The second-order valence-electron chi connectivity index (χ2n) is 0.835. The fourth-order valence-corrected chi connectivity index (χ4v) is 0. The molecule has 0 heterocycles. The maximum absolute atomic E-state index is 9.33. The van der Waals surface area contributed by atoms with Crippen LogP contribution in [0.15, 0.2) is 0 Å². The SMILES string of the molecule is C[SH](=O)(O)O.[Zn]. The van der Waals surface area contributed by atoms with Crippen molar-refractivity contribution in [1.29, 1.82) is 0 Å². The molecule has 6 heavy (non-hydrogen) atoms. The molecule has 0 aliphatic rings. The molecule has 0 saturated heterocycles. The molecule has 0 saturated carbocycles. The van der Waals surface area contributed by atoms with Gasteiger partial charge in [0.25, 0.3) is 0 Å². The van der Waals surface area contributed by atoms with Crippen molar-refractivity contribution in [3.05, 3.63) is 0 Å². The first-order valence-corrected chi connectivity index (χ1v) is 3.09. The molecule has 0 unspecified atom stereocenters. The van der Waals surface area contributed by atoms with Gasteiger partial charge in [-0.2, -0.15) is 0 Å². The van der Waals surface area contributed by atoms with Crippen molar-refractivity contribution in [2.75, 3.05) is 6.26 Å². The molecule has 0 aliphatic carbocycles. The van der Waals surface area contributed by atoms with Gasteiger partial charge in [-0.15, -0.1) is 0 Å². The van der Waals surface area contributed by atoms with Gasteiger partial charge in [0.2, 0.25) is 0 Å². The van der Waals surface area contributed by atoms with Gasteiger partial charge in [-0.3, -0.25) is 0 Å². The third-order valence-electron chi connectivity index (χ3n) is 0. The Morgan fingerprint density at radius 1 is 1.50 bits per heavy atom. The Morgan fingerprint density at radius 2 is 1.50 bits per heavy atom. The van der Waals surface area contributed by atoms with Crippen LogP contribution in [-0.2, 0) is 30.0 Å². The standard InChI is InChI=1S/CH6O3S.Zn/c1-5(2,3)4;/h5H,1H3,(H2,2,3,4);. The van der Waals surface area contributed by atoms with Gasteiger partial charge in [-0.1, -0.05) is 0 Å². The summed E-state index contributed by atoms with van der Waals surface area (Å²) in [6.07, 6.45) is 0.854. The number of hydrogen-bond acceptors (Lipinski definition) is 1. The van der Waals surface area contributed by atoms with Crippen LogP contribution in [0.4, 0.5) is 0 Å². The monoisotopic (exact) mass is 162 g/mol. The number of rotatable bonds is 0. The van der Waals surface area contributed by atoms with Crippen LogP contribution in [0.2, 0.25) is 0 Å². The Kier molecular flexibility index (Phi) is 4.60. The van der Waals surface area contributed by atoms with Crippen molar-refractivity contribution in [1.82, 2.24) is 0 Å². The van der Waals surface area contributed by atoms with Crippen LogP contribution >= 0.6 is 0 Å². The fourth-order valence-electron chi connectivity index (χ4n) is 0. The van der Waals surface area contributed by atoms with Crippen LogP contribution in [0, 0.1) is 0 Å². The second-order valence-corrected chi connectivity index (χ2v) is 2.51. The van der Waals surface area contributed by atoms with Crippen LogP contribution in [-0.4, -0.2) is 19.6 Å². The first-order valence-electron chi connectivity index (χ1n) is 1.03. The van der Waals surface area contributed by atoms with Crippen molar-refractivity contribution in [3.8, 4) is 0 Å². The molecule has 0 spiro atoms. The minimum atomic E-state index is -3.64. The number of thiol groups is 1. The van der Waals surface area contributed by atoms with Gasteiger partial charge in [0.1, 0.15) is 0 Å². The summed E-state index contributed by atoms with van der Waals surface area (Å²) in [7, 11) is -3.64. The topological polar surface area (TPSA) is 57.5 Å². The summed E-state index contributed by atoms with van der Waals surface area (Å²) < 4.78 is 24.6.